The molecule has 1 saturated heterocycles. The van der Waals surface area contributed by atoms with Gasteiger partial charge in [0.25, 0.3) is 0 Å². The summed E-state index contributed by atoms with van der Waals surface area (Å²) in [6.45, 7) is 11.4. The largest absolute Gasteiger partial charge is 0.496 e. The van der Waals surface area contributed by atoms with E-state index < -0.39 is 0 Å². The van der Waals surface area contributed by atoms with Gasteiger partial charge >= 0.3 is 0 Å². The van der Waals surface area contributed by atoms with Crippen molar-refractivity contribution in [3.8, 4) is 5.75 Å². The van der Waals surface area contributed by atoms with Crippen LogP contribution in [0.4, 0.5) is 0 Å². The predicted molar refractivity (Wildman–Crippen MR) is 90.4 cm³/mol. The van der Waals surface area contributed by atoms with Crippen LogP contribution in [0.25, 0.3) is 0 Å². The van der Waals surface area contributed by atoms with Gasteiger partial charge in [0.2, 0.25) is 0 Å². The number of hydrogen-bond acceptors (Lipinski definition) is 2. The topological polar surface area (TPSA) is 21.3 Å². The Morgan fingerprint density at radius 3 is 2.57 bits per heavy atom. The molecule has 1 fully saturated rings. The average Bonchev–Trinajstić information content (AvgIpc) is 2.46. The van der Waals surface area contributed by atoms with E-state index in [9.17, 15) is 0 Å². The minimum Gasteiger partial charge on any atom is -0.496 e. The molecule has 2 nitrogen and oxygen atoms in total. The fraction of sp³-hybridized carbons (Fsp3) is 0.684. The molecule has 0 spiro atoms. The normalized spacial score (nSPS) is 19.6. The van der Waals surface area contributed by atoms with Crippen molar-refractivity contribution >= 4 is 0 Å². The number of aryl methyl sites for hydroxylation is 1. The van der Waals surface area contributed by atoms with Gasteiger partial charge in [0.1, 0.15) is 5.75 Å². The van der Waals surface area contributed by atoms with Gasteiger partial charge in [-0.05, 0) is 61.2 Å². The van der Waals surface area contributed by atoms with Crippen LogP contribution < -0.4 is 10.1 Å². The first-order valence-corrected chi connectivity index (χ1v) is 8.36. The minimum atomic E-state index is 0.121. The first kappa shape index (κ1) is 16.4. The summed E-state index contributed by atoms with van der Waals surface area (Å²) in [4.78, 5) is 0. The van der Waals surface area contributed by atoms with E-state index in [1.54, 1.807) is 0 Å². The zero-order valence-corrected chi connectivity index (χ0v) is 14.4. The summed E-state index contributed by atoms with van der Waals surface area (Å²) in [6, 6.07) is 4.70. The monoisotopic (exact) mass is 289 g/mol. The van der Waals surface area contributed by atoms with E-state index in [0.717, 1.165) is 31.1 Å². The Bertz CT molecular complexity index is 467. The summed E-state index contributed by atoms with van der Waals surface area (Å²) in [5.74, 6) is 1.86. The number of benzene rings is 1. The van der Waals surface area contributed by atoms with E-state index >= 15 is 0 Å². The molecule has 0 aliphatic carbocycles. The maximum Gasteiger partial charge on any atom is 0.125 e. The molecule has 1 aliphatic heterocycles. The number of ether oxygens (including phenoxy) is 1. The molecular formula is C19H31NO. The lowest BCUT2D eigenvalue weighted by Gasteiger charge is -2.28. The Balaban J connectivity index is 2.37. The Hall–Kier alpha value is -1.02. The van der Waals surface area contributed by atoms with Crippen LogP contribution in [0.15, 0.2) is 12.1 Å². The van der Waals surface area contributed by atoms with Crippen LogP contribution in [-0.4, -0.2) is 20.2 Å². The fourth-order valence-electron chi connectivity index (χ4n) is 3.32. The zero-order valence-electron chi connectivity index (χ0n) is 14.4. The molecule has 1 aromatic carbocycles. The quantitative estimate of drug-likeness (QED) is 0.901. The molecule has 1 atom stereocenters. The maximum absolute atomic E-state index is 5.82. The molecular weight excluding hydrogens is 258 g/mol. The van der Waals surface area contributed by atoms with Crippen molar-refractivity contribution < 1.29 is 4.74 Å². The second-order valence-corrected chi connectivity index (χ2v) is 7.36. The van der Waals surface area contributed by atoms with Crippen LogP contribution in [0.2, 0.25) is 0 Å². The SMILES string of the molecule is CCc1cc(CC2CCCNC2)c(OC)c(C(C)(C)C)c1. The Labute approximate surface area is 130 Å². The van der Waals surface area contributed by atoms with Gasteiger partial charge in [-0.25, -0.2) is 0 Å². The number of hydrogen-bond donors (Lipinski definition) is 1. The van der Waals surface area contributed by atoms with Gasteiger partial charge in [0, 0.05) is 5.56 Å². The zero-order chi connectivity index (χ0) is 15.5. The van der Waals surface area contributed by atoms with E-state index in [4.69, 9.17) is 4.74 Å². The summed E-state index contributed by atoms with van der Waals surface area (Å²) in [6.07, 6.45) is 4.85. The number of piperidine rings is 1. The number of rotatable bonds is 4. The lowest BCUT2D eigenvalue weighted by atomic mass is 9.81. The van der Waals surface area contributed by atoms with Crippen LogP contribution in [0.1, 0.15) is 57.2 Å². The fourth-order valence-corrected chi connectivity index (χ4v) is 3.32. The van der Waals surface area contributed by atoms with Crippen molar-refractivity contribution in [2.24, 2.45) is 5.92 Å². The Morgan fingerprint density at radius 2 is 2.05 bits per heavy atom. The third-order valence-corrected chi connectivity index (χ3v) is 4.55. The lowest BCUT2D eigenvalue weighted by Crippen LogP contribution is -2.31. The maximum atomic E-state index is 5.82. The molecule has 1 aliphatic rings. The summed E-state index contributed by atoms with van der Waals surface area (Å²) in [5, 5.41) is 3.53. The van der Waals surface area contributed by atoms with Gasteiger partial charge in [-0.3, -0.25) is 0 Å². The average molecular weight is 289 g/mol. The van der Waals surface area contributed by atoms with E-state index in [1.807, 2.05) is 7.11 Å². The third kappa shape index (κ3) is 4.00. The van der Waals surface area contributed by atoms with Gasteiger partial charge in [0.15, 0.2) is 0 Å². The lowest BCUT2D eigenvalue weighted by molar-refractivity contribution is 0.359. The molecule has 0 bridgehead atoms. The van der Waals surface area contributed by atoms with Crippen molar-refractivity contribution in [2.45, 2.75) is 58.8 Å². The molecule has 1 aromatic rings. The van der Waals surface area contributed by atoms with Crippen molar-refractivity contribution in [1.82, 2.24) is 5.32 Å². The first-order valence-electron chi connectivity index (χ1n) is 8.36. The molecule has 2 rings (SSSR count). The summed E-state index contributed by atoms with van der Waals surface area (Å²) < 4.78 is 5.82. The highest BCUT2D eigenvalue weighted by Gasteiger charge is 2.24. The van der Waals surface area contributed by atoms with E-state index in [2.05, 4.69) is 45.1 Å². The molecule has 0 aromatic heterocycles. The van der Waals surface area contributed by atoms with Crippen molar-refractivity contribution in [3.05, 3.63) is 28.8 Å². The highest BCUT2D eigenvalue weighted by atomic mass is 16.5. The minimum absolute atomic E-state index is 0.121. The number of nitrogens with one attached hydrogen (secondary N) is 1. The molecule has 0 radical (unpaired) electrons. The highest BCUT2D eigenvalue weighted by Crippen LogP contribution is 2.37. The molecule has 0 amide bonds. The van der Waals surface area contributed by atoms with Crippen LogP contribution in [-0.2, 0) is 18.3 Å². The Kier molecular flexibility index (Phi) is 5.32. The second-order valence-electron chi connectivity index (χ2n) is 7.36. The summed E-state index contributed by atoms with van der Waals surface area (Å²) in [5.41, 5.74) is 4.30. The smallest absolute Gasteiger partial charge is 0.125 e. The van der Waals surface area contributed by atoms with E-state index in [0.29, 0.717) is 0 Å². The van der Waals surface area contributed by atoms with Crippen LogP contribution >= 0.6 is 0 Å². The van der Waals surface area contributed by atoms with Crippen LogP contribution in [0.3, 0.4) is 0 Å². The highest BCUT2D eigenvalue weighted by molar-refractivity contribution is 5.48. The van der Waals surface area contributed by atoms with Gasteiger partial charge in [-0.1, -0.05) is 39.8 Å². The molecule has 1 N–H and O–H groups in total. The molecule has 0 saturated carbocycles. The molecule has 1 heterocycles. The molecule has 1 unspecified atom stereocenters. The predicted octanol–water partition coefficient (Wildman–Crippen LogP) is 4.10. The van der Waals surface area contributed by atoms with Gasteiger partial charge in [-0.2, -0.15) is 0 Å². The summed E-state index contributed by atoms with van der Waals surface area (Å²) >= 11 is 0. The van der Waals surface area contributed by atoms with Gasteiger partial charge < -0.3 is 10.1 Å². The van der Waals surface area contributed by atoms with Gasteiger partial charge in [-0.15, -0.1) is 0 Å². The number of methoxy groups -OCH3 is 1. The first-order chi connectivity index (χ1) is 9.95. The van der Waals surface area contributed by atoms with Crippen molar-refractivity contribution in [3.63, 3.8) is 0 Å². The molecule has 21 heavy (non-hydrogen) atoms. The van der Waals surface area contributed by atoms with Crippen molar-refractivity contribution in [1.29, 1.82) is 0 Å². The third-order valence-electron chi connectivity index (χ3n) is 4.55. The van der Waals surface area contributed by atoms with E-state index in [1.165, 1.54) is 36.1 Å². The molecule has 2 heteroatoms. The molecule has 118 valence electrons. The van der Waals surface area contributed by atoms with Crippen LogP contribution in [0, 0.1) is 5.92 Å². The second kappa shape index (κ2) is 6.83. The van der Waals surface area contributed by atoms with Crippen LogP contribution in [0.5, 0.6) is 5.75 Å². The van der Waals surface area contributed by atoms with E-state index in [-0.39, 0.29) is 5.41 Å². The Morgan fingerprint density at radius 1 is 1.29 bits per heavy atom. The van der Waals surface area contributed by atoms with Crippen molar-refractivity contribution in [2.75, 3.05) is 20.2 Å². The van der Waals surface area contributed by atoms with Gasteiger partial charge in [0.05, 0.1) is 7.11 Å². The standard InChI is InChI=1S/C19H31NO/c1-6-14-10-16(11-15-8-7-9-20-13-15)18(21-5)17(12-14)19(2,3)4/h10,12,15,20H,6-9,11,13H2,1-5H3. The summed E-state index contributed by atoms with van der Waals surface area (Å²) in [7, 11) is 1.82.